The lowest BCUT2D eigenvalue weighted by atomic mass is 10.1. The molecule has 0 unspecified atom stereocenters. The van der Waals surface area contributed by atoms with Crippen molar-refractivity contribution in [3.63, 3.8) is 0 Å². The molecule has 0 aromatic heterocycles. The summed E-state index contributed by atoms with van der Waals surface area (Å²) in [5.41, 5.74) is 3.40. The standard InChI is InChI=1S/C20H24N2O3S/c1-4-15-6-8-17(9-7-15)21-26(24,25)18-10-11-19-16(13-18)12-14(3)22(19)20(23)5-2/h6-11,13-14,21H,4-5,12H2,1-3H3/t14-/m1/s1. The van der Waals surface area contributed by atoms with Crippen LogP contribution in [0.1, 0.15) is 38.3 Å². The minimum absolute atomic E-state index is 0.0463. The van der Waals surface area contributed by atoms with Crippen LogP contribution in [0.4, 0.5) is 11.4 Å². The van der Waals surface area contributed by atoms with Gasteiger partial charge in [0.1, 0.15) is 0 Å². The first kappa shape index (κ1) is 18.5. The third-order valence-electron chi connectivity index (χ3n) is 4.76. The zero-order valence-electron chi connectivity index (χ0n) is 15.3. The Morgan fingerprint density at radius 2 is 1.85 bits per heavy atom. The molecule has 1 atom stereocenters. The summed E-state index contributed by atoms with van der Waals surface area (Å²) in [7, 11) is -3.67. The van der Waals surface area contributed by atoms with E-state index in [2.05, 4.69) is 11.6 Å². The van der Waals surface area contributed by atoms with Crippen LogP contribution < -0.4 is 9.62 Å². The summed E-state index contributed by atoms with van der Waals surface area (Å²) in [6.07, 6.45) is 2.00. The Bertz CT molecular complexity index is 921. The van der Waals surface area contributed by atoms with Gasteiger partial charge in [-0.1, -0.05) is 26.0 Å². The number of amides is 1. The average Bonchev–Trinajstić information content (AvgIpc) is 2.96. The minimum Gasteiger partial charge on any atom is -0.309 e. The van der Waals surface area contributed by atoms with E-state index in [1.807, 2.05) is 26.0 Å². The fourth-order valence-electron chi connectivity index (χ4n) is 3.35. The molecule has 0 saturated carbocycles. The number of rotatable bonds is 5. The smallest absolute Gasteiger partial charge is 0.261 e. The van der Waals surface area contributed by atoms with Gasteiger partial charge in [0.2, 0.25) is 5.91 Å². The van der Waals surface area contributed by atoms with Crippen LogP contribution in [0.15, 0.2) is 47.4 Å². The van der Waals surface area contributed by atoms with Gasteiger partial charge < -0.3 is 4.90 Å². The van der Waals surface area contributed by atoms with Crippen molar-refractivity contribution in [1.29, 1.82) is 0 Å². The maximum absolute atomic E-state index is 12.7. The van der Waals surface area contributed by atoms with Gasteiger partial charge in [0.05, 0.1) is 4.90 Å². The van der Waals surface area contributed by atoms with E-state index >= 15 is 0 Å². The maximum Gasteiger partial charge on any atom is 0.261 e. The van der Waals surface area contributed by atoms with Crippen molar-refractivity contribution in [2.24, 2.45) is 0 Å². The molecule has 0 spiro atoms. The summed E-state index contributed by atoms with van der Waals surface area (Å²) < 4.78 is 28.1. The lowest BCUT2D eigenvalue weighted by Crippen LogP contribution is -2.35. The highest BCUT2D eigenvalue weighted by Crippen LogP contribution is 2.34. The molecule has 1 heterocycles. The van der Waals surface area contributed by atoms with Crippen LogP contribution in [0.2, 0.25) is 0 Å². The third-order valence-corrected chi connectivity index (χ3v) is 6.14. The number of nitrogens with zero attached hydrogens (tertiary/aromatic N) is 1. The van der Waals surface area contributed by atoms with Crippen molar-refractivity contribution in [1.82, 2.24) is 0 Å². The van der Waals surface area contributed by atoms with Crippen molar-refractivity contribution in [2.45, 2.75) is 51.0 Å². The second-order valence-electron chi connectivity index (χ2n) is 6.62. The summed E-state index contributed by atoms with van der Waals surface area (Å²) in [5, 5.41) is 0. The van der Waals surface area contributed by atoms with E-state index in [4.69, 9.17) is 0 Å². The summed E-state index contributed by atoms with van der Waals surface area (Å²) >= 11 is 0. The maximum atomic E-state index is 12.7. The first-order valence-corrected chi connectivity index (χ1v) is 10.4. The molecule has 0 saturated heterocycles. The summed E-state index contributed by atoms with van der Waals surface area (Å²) in [4.78, 5) is 14.1. The highest BCUT2D eigenvalue weighted by molar-refractivity contribution is 7.92. The van der Waals surface area contributed by atoms with Crippen molar-refractivity contribution < 1.29 is 13.2 Å². The third kappa shape index (κ3) is 3.46. The molecule has 0 radical (unpaired) electrons. The van der Waals surface area contributed by atoms with Gasteiger partial charge in [-0.2, -0.15) is 0 Å². The van der Waals surface area contributed by atoms with Crippen LogP contribution >= 0.6 is 0 Å². The molecule has 0 bridgehead atoms. The van der Waals surface area contributed by atoms with Crippen LogP contribution in [-0.2, 0) is 27.7 Å². The average molecular weight is 372 g/mol. The molecule has 1 N–H and O–H groups in total. The van der Waals surface area contributed by atoms with Gasteiger partial charge in [0.25, 0.3) is 10.0 Å². The number of carbonyl (C=O) groups is 1. The number of fused-ring (bicyclic) bond motifs is 1. The molecule has 26 heavy (non-hydrogen) atoms. The molecule has 2 aromatic rings. The molecule has 5 nitrogen and oxygen atoms in total. The van der Waals surface area contributed by atoms with E-state index in [1.54, 1.807) is 35.2 Å². The number of benzene rings is 2. The van der Waals surface area contributed by atoms with Gasteiger partial charge in [-0.15, -0.1) is 0 Å². The molecule has 3 rings (SSSR count). The van der Waals surface area contributed by atoms with Crippen molar-refractivity contribution in [3.8, 4) is 0 Å². The molecule has 0 fully saturated rings. The fraction of sp³-hybridized carbons (Fsp3) is 0.350. The number of hydrogen-bond donors (Lipinski definition) is 1. The van der Waals surface area contributed by atoms with Gasteiger partial charge >= 0.3 is 0 Å². The lowest BCUT2D eigenvalue weighted by Gasteiger charge is -2.22. The van der Waals surface area contributed by atoms with Crippen LogP contribution in [0, 0.1) is 0 Å². The molecule has 1 aliphatic heterocycles. The first-order chi connectivity index (χ1) is 12.4. The summed E-state index contributed by atoms with van der Waals surface area (Å²) in [5.74, 6) is 0.0565. The van der Waals surface area contributed by atoms with Crippen LogP contribution in [-0.4, -0.2) is 20.4 Å². The van der Waals surface area contributed by atoms with E-state index in [9.17, 15) is 13.2 Å². The van der Waals surface area contributed by atoms with E-state index in [-0.39, 0.29) is 16.8 Å². The Hall–Kier alpha value is -2.34. The SMILES string of the molecule is CCC(=O)N1c2ccc(S(=O)(=O)Nc3ccc(CC)cc3)cc2C[C@H]1C. The molecule has 0 aliphatic carbocycles. The quantitative estimate of drug-likeness (QED) is 0.869. The Balaban J connectivity index is 1.88. The minimum atomic E-state index is -3.67. The zero-order valence-corrected chi connectivity index (χ0v) is 16.1. The van der Waals surface area contributed by atoms with E-state index in [0.717, 1.165) is 23.2 Å². The molecule has 6 heteroatoms. The number of anilines is 2. The van der Waals surface area contributed by atoms with Crippen molar-refractivity contribution >= 4 is 27.3 Å². The Labute approximate surface area is 155 Å². The second-order valence-corrected chi connectivity index (χ2v) is 8.30. The molecular weight excluding hydrogens is 348 g/mol. The largest absolute Gasteiger partial charge is 0.309 e. The van der Waals surface area contributed by atoms with Gasteiger partial charge in [0.15, 0.2) is 0 Å². The van der Waals surface area contributed by atoms with Crippen molar-refractivity contribution in [2.75, 3.05) is 9.62 Å². The van der Waals surface area contributed by atoms with Crippen molar-refractivity contribution in [3.05, 3.63) is 53.6 Å². The first-order valence-electron chi connectivity index (χ1n) is 8.92. The number of hydrogen-bond acceptors (Lipinski definition) is 3. The fourth-order valence-corrected chi connectivity index (χ4v) is 4.46. The molecule has 138 valence electrons. The van der Waals surface area contributed by atoms with Crippen LogP contribution in [0.5, 0.6) is 0 Å². The Morgan fingerprint density at radius 1 is 1.15 bits per heavy atom. The molecular formula is C20H24N2O3S. The van der Waals surface area contributed by atoms with Crippen LogP contribution in [0.3, 0.4) is 0 Å². The highest BCUT2D eigenvalue weighted by Gasteiger charge is 2.31. The van der Waals surface area contributed by atoms with Gasteiger partial charge in [-0.3, -0.25) is 9.52 Å². The summed E-state index contributed by atoms with van der Waals surface area (Å²) in [6.45, 7) is 5.87. The predicted octanol–water partition coefficient (Wildman–Crippen LogP) is 3.74. The molecule has 1 aliphatic rings. The second kappa shape index (κ2) is 7.11. The normalized spacial score (nSPS) is 16.4. The summed E-state index contributed by atoms with van der Waals surface area (Å²) in [6, 6.07) is 12.4. The monoisotopic (exact) mass is 372 g/mol. The molecule has 2 aromatic carbocycles. The number of aryl methyl sites for hydroxylation is 1. The molecule has 1 amide bonds. The van der Waals surface area contributed by atoms with Gasteiger partial charge in [0, 0.05) is 23.8 Å². The lowest BCUT2D eigenvalue weighted by molar-refractivity contribution is -0.118. The number of sulfonamides is 1. The number of nitrogens with one attached hydrogen (secondary N) is 1. The Morgan fingerprint density at radius 3 is 2.46 bits per heavy atom. The van der Waals surface area contributed by atoms with Gasteiger partial charge in [-0.05, 0) is 61.2 Å². The van der Waals surface area contributed by atoms with E-state index in [0.29, 0.717) is 18.5 Å². The Kier molecular flexibility index (Phi) is 5.05. The van der Waals surface area contributed by atoms with Gasteiger partial charge in [-0.25, -0.2) is 8.42 Å². The number of carbonyl (C=O) groups excluding carboxylic acids is 1. The van der Waals surface area contributed by atoms with E-state index < -0.39 is 10.0 Å². The highest BCUT2D eigenvalue weighted by atomic mass is 32.2. The van der Waals surface area contributed by atoms with E-state index in [1.165, 1.54) is 0 Å². The predicted molar refractivity (Wildman–Crippen MR) is 104 cm³/mol. The van der Waals surface area contributed by atoms with Crippen LogP contribution in [0.25, 0.3) is 0 Å². The topological polar surface area (TPSA) is 66.5 Å². The zero-order chi connectivity index (χ0) is 18.9.